The standard InChI is InChI=1S/C19H21ClN2O5S/c1-26-15-5-2-4-13(10-15)16-6-3-9-22(16)28(24,25)18-11-14(20)7-8-17(18)27-12-19(21)23/h2,4-5,7-8,10-11,16H,3,6,9,12H2,1H3,(H2,21,23)/t16-/m1/s1. The highest BCUT2D eigenvalue weighted by Gasteiger charge is 2.38. The molecular weight excluding hydrogens is 404 g/mol. The Labute approximate surface area is 169 Å². The second kappa shape index (κ2) is 8.38. The highest BCUT2D eigenvalue weighted by atomic mass is 35.5. The van der Waals surface area contributed by atoms with Crippen molar-refractivity contribution in [3.05, 3.63) is 53.1 Å². The van der Waals surface area contributed by atoms with Gasteiger partial charge in [-0.05, 0) is 48.7 Å². The number of nitrogens with two attached hydrogens (primary N) is 1. The molecule has 1 fully saturated rings. The van der Waals surface area contributed by atoms with E-state index in [1.54, 1.807) is 7.11 Å². The molecule has 0 spiro atoms. The van der Waals surface area contributed by atoms with Crippen LogP contribution in [0.25, 0.3) is 0 Å². The summed E-state index contributed by atoms with van der Waals surface area (Å²) in [7, 11) is -2.36. The first-order valence-corrected chi connectivity index (χ1v) is 10.5. The monoisotopic (exact) mass is 424 g/mol. The van der Waals surface area contributed by atoms with Gasteiger partial charge in [-0.1, -0.05) is 23.7 Å². The Bertz CT molecular complexity index is 980. The van der Waals surface area contributed by atoms with Crippen LogP contribution in [-0.2, 0) is 14.8 Å². The number of amides is 1. The van der Waals surface area contributed by atoms with Gasteiger partial charge in [0.25, 0.3) is 5.91 Å². The van der Waals surface area contributed by atoms with Crippen molar-refractivity contribution in [2.45, 2.75) is 23.8 Å². The molecule has 7 nitrogen and oxygen atoms in total. The summed E-state index contributed by atoms with van der Waals surface area (Å²) < 4.78 is 38.9. The van der Waals surface area contributed by atoms with Gasteiger partial charge in [0.1, 0.15) is 16.4 Å². The van der Waals surface area contributed by atoms with E-state index in [9.17, 15) is 13.2 Å². The van der Waals surface area contributed by atoms with E-state index in [1.165, 1.54) is 22.5 Å². The maximum Gasteiger partial charge on any atom is 0.255 e. The molecule has 1 aliphatic heterocycles. The minimum atomic E-state index is -3.93. The first kappa shape index (κ1) is 20.4. The normalized spacial score (nSPS) is 17.4. The fraction of sp³-hybridized carbons (Fsp3) is 0.316. The van der Waals surface area contributed by atoms with Crippen LogP contribution in [-0.4, -0.2) is 38.9 Å². The second-order valence-electron chi connectivity index (χ2n) is 6.40. The Morgan fingerprint density at radius 3 is 2.79 bits per heavy atom. The van der Waals surface area contributed by atoms with Gasteiger partial charge in [-0.15, -0.1) is 0 Å². The number of halogens is 1. The summed E-state index contributed by atoms with van der Waals surface area (Å²) in [6.07, 6.45) is 1.41. The molecule has 28 heavy (non-hydrogen) atoms. The lowest BCUT2D eigenvalue weighted by molar-refractivity contribution is -0.120. The molecule has 2 aromatic rings. The number of carbonyl (C=O) groups excluding carboxylic acids is 1. The zero-order chi connectivity index (χ0) is 20.3. The number of methoxy groups -OCH3 is 1. The third kappa shape index (κ3) is 4.24. The molecule has 1 saturated heterocycles. The molecule has 150 valence electrons. The molecule has 1 aliphatic rings. The number of hydrogen-bond donors (Lipinski definition) is 1. The zero-order valence-corrected chi connectivity index (χ0v) is 16.9. The molecule has 0 saturated carbocycles. The highest BCUT2D eigenvalue weighted by molar-refractivity contribution is 7.89. The van der Waals surface area contributed by atoms with Gasteiger partial charge in [0.2, 0.25) is 10.0 Å². The molecule has 0 radical (unpaired) electrons. The summed E-state index contributed by atoms with van der Waals surface area (Å²) in [5.74, 6) is 0.00297. The van der Waals surface area contributed by atoms with Crippen LogP contribution in [0, 0.1) is 0 Å². The lowest BCUT2D eigenvalue weighted by Crippen LogP contribution is -2.31. The van der Waals surface area contributed by atoms with Crippen LogP contribution in [0.5, 0.6) is 11.5 Å². The molecule has 2 N–H and O–H groups in total. The van der Waals surface area contributed by atoms with Gasteiger partial charge in [-0.25, -0.2) is 8.42 Å². The summed E-state index contributed by atoms with van der Waals surface area (Å²) in [6.45, 7) is -0.0601. The number of rotatable bonds is 7. The van der Waals surface area contributed by atoms with Gasteiger partial charge in [0.15, 0.2) is 6.61 Å². The number of primary amides is 1. The first-order valence-electron chi connectivity index (χ1n) is 8.69. The van der Waals surface area contributed by atoms with Crippen molar-refractivity contribution < 1.29 is 22.7 Å². The van der Waals surface area contributed by atoms with E-state index in [2.05, 4.69) is 0 Å². The smallest absolute Gasteiger partial charge is 0.255 e. The number of benzene rings is 2. The van der Waals surface area contributed by atoms with Crippen LogP contribution in [0.3, 0.4) is 0 Å². The Morgan fingerprint density at radius 2 is 2.07 bits per heavy atom. The Balaban J connectivity index is 1.99. The quantitative estimate of drug-likeness (QED) is 0.736. The van der Waals surface area contributed by atoms with E-state index < -0.39 is 22.5 Å². The summed E-state index contributed by atoms with van der Waals surface area (Å²) >= 11 is 6.04. The van der Waals surface area contributed by atoms with Crippen molar-refractivity contribution in [3.8, 4) is 11.5 Å². The SMILES string of the molecule is COc1cccc([C@H]2CCCN2S(=O)(=O)c2cc(Cl)ccc2OCC(N)=O)c1. The highest BCUT2D eigenvalue weighted by Crippen LogP contribution is 2.40. The van der Waals surface area contributed by atoms with E-state index in [-0.39, 0.29) is 21.7 Å². The average molecular weight is 425 g/mol. The van der Waals surface area contributed by atoms with Crippen molar-refractivity contribution in [1.29, 1.82) is 0 Å². The van der Waals surface area contributed by atoms with Crippen LogP contribution >= 0.6 is 11.6 Å². The molecule has 0 unspecified atom stereocenters. The van der Waals surface area contributed by atoms with Crippen molar-refractivity contribution in [1.82, 2.24) is 4.31 Å². The van der Waals surface area contributed by atoms with Crippen molar-refractivity contribution in [3.63, 3.8) is 0 Å². The molecule has 0 aliphatic carbocycles. The molecule has 1 heterocycles. The minimum absolute atomic E-state index is 0.0412. The van der Waals surface area contributed by atoms with Gasteiger partial charge in [-0.3, -0.25) is 4.79 Å². The molecule has 2 aromatic carbocycles. The molecule has 3 rings (SSSR count). The Hall–Kier alpha value is -2.29. The number of ether oxygens (including phenoxy) is 2. The van der Waals surface area contributed by atoms with Gasteiger partial charge in [0, 0.05) is 11.6 Å². The Kier molecular flexibility index (Phi) is 6.12. The maximum absolute atomic E-state index is 13.4. The topological polar surface area (TPSA) is 98.9 Å². The second-order valence-corrected chi connectivity index (χ2v) is 8.69. The predicted octanol–water partition coefficient (Wildman–Crippen LogP) is 2.74. The average Bonchev–Trinajstić information content (AvgIpc) is 3.17. The van der Waals surface area contributed by atoms with Crippen LogP contribution < -0.4 is 15.2 Å². The van der Waals surface area contributed by atoms with Gasteiger partial charge in [0.05, 0.1) is 13.2 Å². The first-order chi connectivity index (χ1) is 13.3. The van der Waals surface area contributed by atoms with Crippen molar-refractivity contribution in [2.75, 3.05) is 20.3 Å². The third-order valence-electron chi connectivity index (χ3n) is 4.54. The number of sulfonamides is 1. The van der Waals surface area contributed by atoms with Crippen molar-refractivity contribution in [2.24, 2.45) is 5.73 Å². The summed E-state index contributed by atoms with van der Waals surface area (Å²) in [5, 5.41) is 0.252. The molecule has 0 bridgehead atoms. The predicted molar refractivity (Wildman–Crippen MR) is 105 cm³/mol. The zero-order valence-electron chi connectivity index (χ0n) is 15.3. The van der Waals surface area contributed by atoms with Crippen LogP contribution in [0.1, 0.15) is 24.4 Å². The van der Waals surface area contributed by atoms with Crippen LogP contribution in [0.4, 0.5) is 0 Å². The van der Waals surface area contributed by atoms with Crippen LogP contribution in [0.2, 0.25) is 5.02 Å². The molecule has 1 atom stereocenters. The van der Waals surface area contributed by atoms with E-state index in [4.69, 9.17) is 26.8 Å². The van der Waals surface area contributed by atoms with E-state index in [0.29, 0.717) is 18.7 Å². The van der Waals surface area contributed by atoms with Gasteiger partial charge < -0.3 is 15.2 Å². The summed E-state index contributed by atoms with van der Waals surface area (Å²) in [5.41, 5.74) is 5.96. The maximum atomic E-state index is 13.4. The fourth-order valence-electron chi connectivity index (χ4n) is 3.29. The van der Waals surface area contributed by atoms with Gasteiger partial charge in [-0.2, -0.15) is 4.31 Å². The molecule has 1 amide bonds. The van der Waals surface area contributed by atoms with Gasteiger partial charge >= 0.3 is 0 Å². The number of hydrogen-bond acceptors (Lipinski definition) is 5. The largest absolute Gasteiger partial charge is 0.497 e. The van der Waals surface area contributed by atoms with Crippen molar-refractivity contribution >= 4 is 27.5 Å². The minimum Gasteiger partial charge on any atom is -0.497 e. The van der Waals surface area contributed by atoms with E-state index in [1.807, 2.05) is 24.3 Å². The fourth-order valence-corrected chi connectivity index (χ4v) is 5.37. The lowest BCUT2D eigenvalue weighted by Gasteiger charge is -2.25. The molecule has 9 heteroatoms. The van der Waals surface area contributed by atoms with E-state index in [0.717, 1.165) is 12.0 Å². The molecular formula is C19H21ClN2O5S. The summed E-state index contributed by atoms with van der Waals surface area (Å²) in [4.78, 5) is 11.0. The number of nitrogens with zero attached hydrogens (tertiary/aromatic N) is 1. The van der Waals surface area contributed by atoms with Crippen LogP contribution in [0.15, 0.2) is 47.4 Å². The number of carbonyl (C=O) groups is 1. The summed E-state index contributed by atoms with van der Waals surface area (Å²) in [6, 6.07) is 11.3. The third-order valence-corrected chi connectivity index (χ3v) is 6.71. The Morgan fingerprint density at radius 1 is 1.29 bits per heavy atom. The lowest BCUT2D eigenvalue weighted by atomic mass is 10.1. The van der Waals surface area contributed by atoms with E-state index >= 15 is 0 Å². The molecule has 0 aromatic heterocycles.